The summed E-state index contributed by atoms with van der Waals surface area (Å²) in [5.74, 6) is -1.11. The van der Waals surface area contributed by atoms with Gasteiger partial charge in [0.2, 0.25) is 0 Å². The van der Waals surface area contributed by atoms with Gasteiger partial charge in [-0.2, -0.15) is 0 Å². The van der Waals surface area contributed by atoms with Crippen LogP contribution in [0.1, 0.15) is 0 Å². The minimum Gasteiger partial charge on any atom is -0.206 e. The monoisotopic (exact) mass is 169 g/mol. The zero-order chi connectivity index (χ0) is 7.84. The Morgan fingerprint density at radius 1 is 1.27 bits per heavy atom. The summed E-state index contributed by atoms with van der Waals surface area (Å²) in [6, 6.07) is 4.47. The SMILES string of the molecule is Fc1[c]sc2cccc(F)c12. The molecule has 55 valence electrons. The normalized spacial score (nSPS) is 10.7. The summed E-state index contributed by atoms with van der Waals surface area (Å²) in [6.45, 7) is 0. The summed E-state index contributed by atoms with van der Waals surface area (Å²) in [4.78, 5) is 0. The predicted octanol–water partition coefficient (Wildman–Crippen LogP) is 2.98. The van der Waals surface area contributed by atoms with Crippen molar-refractivity contribution in [2.24, 2.45) is 0 Å². The van der Waals surface area contributed by atoms with Crippen LogP contribution < -0.4 is 0 Å². The molecular weight excluding hydrogens is 166 g/mol. The number of fused-ring (bicyclic) bond motifs is 1. The van der Waals surface area contributed by atoms with Gasteiger partial charge in [0, 0.05) is 4.70 Å². The molecule has 0 atom stereocenters. The maximum Gasteiger partial charge on any atom is 0.153 e. The Kier molecular flexibility index (Phi) is 1.39. The lowest BCUT2D eigenvalue weighted by atomic mass is 10.2. The lowest BCUT2D eigenvalue weighted by Gasteiger charge is -1.89. The standard InChI is InChI=1S/C8H3F2S/c9-5-2-1-3-7-8(5)6(10)4-11-7/h1-3H. The summed E-state index contributed by atoms with van der Waals surface area (Å²) in [5, 5.41) is 2.41. The molecule has 0 saturated carbocycles. The van der Waals surface area contributed by atoms with Crippen LogP contribution in [0, 0.1) is 17.0 Å². The Morgan fingerprint density at radius 2 is 2.09 bits per heavy atom. The molecule has 0 fully saturated rings. The molecule has 0 bridgehead atoms. The molecule has 1 heterocycles. The molecule has 0 aliphatic heterocycles. The van der Waals surface area contributed by atoms with E-state index >= 15 is 0 Å². The molecule has 0 saturated heterocycles. The molecule has 1 aromatic carbocycles. The van der Waals surface area contributed by atoms with E-state index in [-0.39, 0.29) is 5.39 Å². The van der Waals surface area contributed by atoms with E-state index in [1.54, 1.807) is 12.1 Å². The predicted molar refractivity (Wildman–Crippen MR) is 40.6 cm³/mol. The fourth-order valence-corrected chi connectivity index (χ4v) is 1.69. The van der Waals surface area contributed by atoms with Crippen LogP contribution >= 0.6 is 11.3 Å². The highest BCUT2D eigenvalue weighted by atomic mass is 32.1. The highest BCUT2D eigenvalue weighted by molar-refractivity contribution is 7.16. The van der Waals surface area contributed by atoms with Crippen molar-refractivity contribution in [1.82, 2.24) is 0 Å². The lowest BCUT2D eigenvalue weighted by molar-refractivity contribution is 0.610. The number of hydrogen-bond donors (Lipinski definition) is 0. The molecule has 0 N–H and O–H groups in total. The van der Waals surface area contributed by atoms with Crippen molar-refractivity contribution in [1.29, 1.82) is 0 Å². The van der Waals surface area contributed by atoms with E-state index in [0.29, 0.717) is 4.70 Å². The summed E-state index contributed by atoms with van der Waals surface area (Å²) in [5.41, 5.74) is 0. The molecule has 0 amide bonds. The molecule has 0 nitrogen and oxygen atoms in total. The average molecular weight is 169 g/mol. The molecule has 0 unspecified atom stereocenters. The Bertz CT molecular complexity index is 392. The number of benzene rings is 1. The van der Waals surface area contributed by atoms with Crippen molar-refractivity contribution in [3.63, 3.8) is 0 Å². The van der Waals surface area contributed by atoms with Crippen LogP contribution in [0.15, 0.2) is 18.2 Å². The lowest BCUT2D eigenvalue weighted by Crippen LogP contribution is -1.75. The summed E-state index contributed by atoms with van der Waals surface area (Å²) >= 11 is 1.09. The van der Waals surface area contributed by atoms with Crippen molar-refractivity contribution in [2.45, 2.75) is 0 Å². The molecule has 1 aromatic heterocycles. The molecule has 0 aliphatic rings. The van der Waals surface area contributed by atoms with E-state index < -0.39 is 11.6 Å². The third-order valence-corrected chi connectivity index (χ3v) is 2.29. The molecule has 3 heteroatoms. The van der Waals surface area contributed by atoms with Crippen LogP contribution in [0.4, 0.5) is 8.78 Å². The van der Waals surface area contributed by atoms with Gasteiger partial charge in [-0.05, 0) is 12.1 Å². The fraction of sp³-hybridized carbons (Fsp3) is 0. The highest BCUT2D eigenvalue weighted by Gasteiger charge is 2.07. The first-order valence-electron chi connectivity index (χ1n) is 3.03. The molecular formula is C8H3F2S. The van der Waals surface area contributed by atoms with Crippen LogP contribution in [0.3, 0.4) is 0 Å². The third kappa shape index (κ3) is 0.922. The Balaban J connectivity index is 2.96. The minimum absolute atomic E-state index is 0.0532. The number of hydrogen-bond acceptors (Lipinski definition) is 1. The fourth-order valence-electron chi connectivity index (χ4n) is 0.953. The zero-order valence-corrected chi connectivity index (χ0v) is 6.21. The van der Waals surface area contributed by atoms with Crippen LogP contribution in [0.25, 0.3) is 10.1 Å². The van der Waals surface area contributed by atoms with Gasteiger partial charge in [0.1, 0.15) is 5.82 Å². The topological polar surface area (TPSA) is 0 Å². The van der Waals surface area contributed by atoms with Gasteiger partial charge in [-0.15, -0.1) is 11.3 Å². The second kappa shape index (κ2) is 2.27. The summed E-state index contributed by atoms with van der Waals surface area (Å²) in [7, 11) is 0. The molecule has 0 aliphatic carbocycles. The molecule has 11 heavy (non-hydrogen) atoms. The first kappa shape index (κ1) is 6.73. The molecule has 2 rings (SSSR count). The first-order valence-corrected chi connectivity index (χ1v) is 3.85. The number of thiophene rings is 1. The van der Waals surface area contributed by atoms with Crippen molar-refractivity contribution in [3.05, 3.63) is 35.2 Å². The van der Waals surface area contributed by atoms with Gasteiger partial charge in [0.15, 0.2) is 5.82 Å². The van der Waals surface area contributed by atoms with Crippen LogP contribution in [0.2, 0.25) is 0 Å². The summed E-state index contributed by atoms with van der Waals surface area (Å²) in [6.07, 6.45) is 0. The van der Waals surface area contributed by atoms with Gasteiger partial charge < -0.3 is 0 Å². The second-order valence-electron chi connectivity index (χ2n) is 2.13. The van der Waals surface area contributed by atoms with Crippen LogP contribution in [0.5, 0.6) is 0 Å². The van der Waals surface area contributed by atoms with Crippen LogP contribution in [-0.2, 0) is 0 Å². The van der Waals surface area contributed by atoms with Gasteiger partial charge in [-0.3, -0.25) is 0 Å². The Hall–Kier alpha value is -0.960. The largest absolute Gasteiger partial charge is 0.206 e. The van der Waals surface area contributed by atoms with E-state index in [0.717, 1.165) is 11.3 Å². The highest BCUT2D eigenvalue weighted by Crippen LogP contribution is 2.25. The number of rotatable bonds is 0. The molecule has 2 aromatic rings. The molecule has 0 spiro atoms. The third-order valence-electron chi connectivity index (χ3n) is 1.45. The van der Waals surface area contributed by atoms with Gasteiger partial charge in [-0.1, -0.05) is 6.07 Å². The van der Waals surface area contributed by atoms with E-state index in [1.807, 2.05) is 0 Å². The van der Waals surface area contributed by atoms with Crippen molar-refractivity contribution < 1.29 is 8.78 Å². The van der Waals surface area contributed by atoms with Crippen molar-refractivity contribution in [3.8, 4) is 0 Å². The second-order valence-corrected chi connectivity index (χ2v) is 2.98. The van der Waals surface area contributed by atoms with Crippen molar-refractivity contribution in [2.75, 3.05) is 0 Å². The average Bonchev–Trinajstić information content (AvgIpc) is 2.34. The van der Waals surface area contributed by atoms with Gasteiger partial charge >= 0.3 is 0 Å². The quantitative estimate of drug-likeness (QED) is 0.568. The zero-order valence-electron chi connectivity index (χ0n) is 5.40. The van der Waals surface area contributed by atoms with Gasteiger partial charge in [0.25, 0.3) is 0 Å². The van der Waals surface area contributed by atoms with Gasteiger partial charge in [0.05, 0.1) is 10.8 Å². The number of halogens is 2. The van der Waals surface area contributed by atoms with Gasteiger partial charge in [-0.25, -0.2) is 8.78 Å². The first-order chi connectivity index (χ1) is 5.29. The van der Waals surface area contributed by atoms with Crippen LogP contribution in [-0.4, -0.2) is 0 Å². The summed E-state index contributed by atoms with van der Waals surface area (Å²) < 4.78 is 26.1. The minimum atomic E-state index is -0.594. The van der Waals surface area contributed by atoms with E-state index in [4.69, 9.17) is 0 Å². The van der Waals surface area contributed by atoms with E-state index in [2.05, 4.69) is 5.38 Å². The Labute approximate surface area is 66.1 Å². The maximum absolute atomic E-state index is 12.8. The Morgan fingerprint density at radius 3 is 2.82 bits per heavy atom. The van der Waals surface area contributed by atoms with E-state index in [1.165, 1.54) is 6.07 Å². The molecule has 1 radical (unpaired) electrons. The van der Waals surface area contributed by atoms with Crippen molar-refractivity contribution >= 4 is 21.4 Å². The van der Waals surface area contributed by atoms with E-state index in [9.17, 15) is 8.78 Å². The maximum atomic E-state index is 12.8. The smallest absolute Gasteiger partial charge is 0.153 e.